The van der Waals surface area contributed by atoms with E-state index in [-0.39, 0.29) is 17.6 Å². The number of halogens is 1. The number of hydrogen-bond donors (Lipinski definition) is 1. The first-order valence-electron chi connectivity index (χ1n) is 7.75. The molecule has 0 aliphatic heterocycles. The molecule has 0 unspecified atom stereocenters. The number of nitrogens with one attached hydrogen (secondary N) is 1. The molecule has 0 spiro atoms. The third kappa shape index (κ3) is 5.08. The Kier molecular flexibility index (Phi) is 6.61. The molecule has 0 aliphatic rings. The average molecular weight is 364 g/mol. The first-order chi connectivity index (χ1) is 11.9. The largest absolute Gasteiger partial charge is 0.493 e. The Labute approximate surface area is 152 Å². The third-order valence-corrected chi connectivity index (χ3v) is 4.03. The minimum Gasteiger partial charge on any atom is -0.493 e. The molecule has 134 valence electrons. The molecule has 0 atom stereocenters. The molecule has 1 amide bonds. The Morgan fingerprint density at radius 3 is 2.60 bits per heavy atom. The Morgan fingerprint density at radius 1 is 1.28 bits per heavy atom. The summed E-state index contributed by atoms with van der Waals surface area (Å²) in [5.74, 6) is 1.20. The van der Waals surface area contributed by atoms with Crippen LogP contribution in [-0.2, 0) is 11.3 Å². The zero-order valence-corrected chi connectivity index (χ0v) is 15.6. The van der Waals surface area contributed by atoms with Crippen molar-refractivity contribution in [1.29, 1.82) is 0 Å². The Balaban J connectivity index is 2.01. The molecule has 0 saturated carbocycles. The van der Waals surface area contributed by atoms with Crippen molar-refractivity contribution >= 4 is 23.2 Å². The van der Waals surface area contributed by atoms with E-state index in [4.69, 9.17) is 21.1 Å². The lowest BCUT2D eigenvalue weighted by atomic mass is 10.1. The van der Waals surface area contributed by atoms with Crippen LogP contribution in [0.25, 0.3) is 0 Å². The number of likely N-dealkylation sites (N-methyl/N-ethyl adjacent to an activating group) is 1. The maximum absolute atomic E-state index is 12.2. The van der Waals surface area contributed by atoms with Crippen molar-refractivity contribution < 1.29 is 14.3 Å². The van der Waals surface area contributed by atoms with Crippen molar-refractivity contribution in [1.82, 2.24) is 9.88 Å². The van der Waals surface area contributed by atoms with Gasteiger partial charge in [0.15, 0.2) is 16.7 Å². The number of pyridine rings is 1. The van der Waals surface area contributed by atoms with Gasteiger partial charge >= 0.3 is 0 Å². The second-order valence-electron chi connectivity index (χ2n) is 5.70. The van der Waals surface area contributed by atoms with Crippen LogP contribution >= 0.6 is 11.6 Å². The van der Waals surface area contributed by atoms with Gasteiger partial charge in [-0.2, -0.15) is 0 Å². The van der Waals surface area contributed by atoms with Gasteiger partial charge in [0.1, 0.15) is 0 Å². The molecule has 25 heavy (non-hydrogen) atoms. The van der Waals surface area contributed by atoms with E-state index in [0.717, 1.165) is 11.1 Å². The fraction of sp³-hybridized carbons (Fsp3) is 0.333. The van der Waals surface area contributed by atoms with E-state index in [1.165, 1.54) is 0 Å². The highest BCUT2D eigenvalue weighted by Gasteiger charge is 2.13. The van der Waals surface area contributed by atoms with Crippen LogP contribution in [-0.4, -0.2) is 43.6 Å². The van der Waals surface area contributed by atoms with Crippen molar-refractivity contribution in [2.45, 2.75) is 13.5 Å². The minimum atomic E-state index is -0.157. The van der Waals surface area contributed by atoms with Gasteiger partial charge in [0, 0.05) is 12.7 Å². The maximum Gasteiger partial charge on any atom is 0.238 e. The number of rotatable bonds is 7. The highest BCUT2D eigenvalue weighted by Crippen LogP contribution is 2.30. The Hall–Kier alpha value is -2.31. The SMILES string of the molecule is COc1cc(C)c(CN(C)CC(=O)Nc2cccnc2Cl)cc1OC. The molecule has 2 rings (SSSR count). The fourth-order valence-corrected chi connectivity index (χ4v) is 2.62. The van der Waals surface area contributed by atoms with Crippen molar-refractivity contribution in [2.75, 3.05) is 33.1 Å². The van der Waals surface area contributed by atoms with E-state index in [9.17, 15) is 4.79 Å². The topological polar surface area (TPSA) is 63.7 Å². The van der Waals surface area contributed by atoms with Gasteiger partial charge in [-0.15, -0.1) is 0 Å². The number of aryl methyl sites for hydroxylation is 1. The van der Waals surface area contributed by atoms with E-state index in [0.29, 0.717) is 23.7 Å². The molecular formula is C18H22ClN3O3. The number of carbonyl (C=O) groups is 1. The molecule has 2 aromatic rings. The monoisotopic (exact) mass is 363 g/mol. The Morgan fingerprint density at radius 2 is 1.96 bits per heavy atom. The summed E-state index contributed by atoms with van der Waals surface area (Å²) in [5.41, 5.74) is 2.64. The summed E-state index contributed by atoms with van der Waals surface area (Å²) < 4.78 is 10.6. The molecular weight excluding hydrogens is 342 g/mol. The fourth-order valence-electron chi connectivity index (χ4n) is 2.45. The molecule has 0 aliphatic carbocycles. The molecule has 6 nitrogen and oxygen atoms in total. The summed E-state index contributed by atoms with van der Waals surface area (Å²) in [5, 5.41) is 3.04. The van der Waals surface area contributed by atoms with E-state index < -0.39 is 0 Å². The molecule has 1 aromatic heterocycles. The third-order valence-electron chi connectivity index (χ3n) is 3.73. The van der Waals surface area contributed by atoms with Crippen LogP contribution in [0.2, 0.25) is 5.15 Å². The van der Waals surface area contributed by atoms with Gasteiger partial charge in [-0.3, -0.25) is 9.69 Å². The summed E-state index contributed by atoms with van der Waals surface area (Å²) in [6.07, 6.45) is 1.57. The van der Waals surface area contributed by atoms with Crippen LogP contribution in [0.4, 0.5) is 5.69 Å². The second kappa shape index (κ2) is 8.69. The number of aromatic nitrogens is 1. The first kappa shape index (κ1) is 19.0. The smallest absolute Gasteiger partial charge is 0.238 e. The van der Waals surface area contributed by atoms with Gasteiger partial charge < -0.3 is 14.8 Å². The molecule has 1 heterocycles. The summed E-state index contributed by atoms with van der Waals surface area (Å²) in [7, 11) is 5.09. The van der Waals surface area contributed by atoms with Gasteiger partial charge in [-0.1, -0.05) is 11.6 Å². The summed E-state index contributed by atoms with van der Waals surface area (Å²) in [6, 6.07) is 7.29. The zero-order chi connectivity index (χ0) is 18.4. The lowest BCUT2D eigenvalue weighted by molar-refractivity contribution is -0.117. The highest BCUT2D eigenvalue weighted by molar-refractivity contribution is 6.32. The van der Waals surface area contributed by atoms with E-state index in [1.54, 1.807) is 32.5 Å². The van der Waals surface area contributed by atoms with Crippen LogP contribution in [0.3, 0.4) is 0 Å². The van der Waals surface area contributed by atoms with E-state index >= 15 is 0 Å². The van der Waals surface area contributed by atoms with Crippen LogP contribution in [0, 0.1) is 6.92 Å². The van der Waals surface area contributed by atoms with Crippen molar-refractivity contribution in [2.24, 2.45) is 0 Å². The lowest BCUT2D eigenvalue weighted by Crippen LogP contribution is -2.30. The first-order valence-corrected chi connectivity index (χ1v) is 8.12. The van der Waals surface area contributed by atoms with Crippen LogP contribution in [0.1, 0.15) is 11.1 Å². The Bertz CT molecular complexity index is 752. The summed E-state index contributed by atoms with van der Waals surface area (Å²) in [6.45, 7) is 2.82. The van der Waals surface area contributed by atoms with Crippen LogP contribution in [0.5, 0.6) is 11.5 Å². The average Bonchev–Trinajstić information content (AvgIpc) is 2.58. The molecule has 0 bridgehead atoms. The highest BCUT2D eigenvalue weighted by atomic mass is 35.5. The van der Waals surface area contributed by atoms with Crippen LogP contribution in [0.15, 0.2) is 30.5 Å². The van der Waals surface area contributed by atoms with Gasteiger partial charge in [0.25, 0.3) is 0 Å². The number of benzene rings is 1. The summed E-state index contributed by atoms with van der Waals surface area (Å²) >= 11 is 5.95. The molecule has 1 N–H and O–H groups in total. The number of methoxy groups -OCH3 is 2. The van der Waals surface area contributed by atoms with Gasteiger partial charge in [-0.25, -0.2) is 4.98 Å². The van der Waals surface area contributed by atoms with Gasteiger partial charge in [-0.05, 0) is 49.4 Å². The van der Waals surface area contributed by atoms with E-state index in [1.807, 2.05) is 31.0 Å². The maximum atomic E-state index is 12.2. The van der Waals surface area contributed by atoms with Gasteiger partial charge in [0.05, 0.1) is 26.5 Å². The normalized spacial score (nSPS) is 10.6. The second-order valence-corrected chi connectivity index (χ2v) is 6.05. The van der Waals surface area contributed by atoms with Crippen molar-refractivity contribution in [3.63, 3.8) is 0 Å². The standard InChI is InChI=1S/C18H22ClN3O3/c1-12-8-15(24-3)16(25-4)9-13(12)10-22(2)11-17(23)21-14-6-5-7-20-18(14)19/h5-9H,10-11H2,1-4H3,(H,21,23). The zero-order valence-electron chi connectivity index (χ0n) is 14.8. The predicted molar refractivity (Wildman–Crippen MR) is 98.5 cm³/mol. The van der Waals surface area contributed by atoms with Crippen molar-refractivity contribution in [3.05, 3.63) is 46.7 Å². The number of amides is 1. The number of ether oxygens (including phenoxy) is 2. The van der Waals surface area contributed by atoms with Crippen molar-refractivity contribution in [3.8, 4) is 11.5 Å². The number of nitrogens with zero attached hydrogens (tertiary/aromatic N) is 2. The molecule has 0 saturated heterocycles. The number of carbonyl (C=O) groups excluding carboxylic acids is 1. The molecule has 7 heteroatoms. The summed E-state index contributed by atoms with van der Waals surface area (Å²) in [4.78, 5) is 18.0. The van der Waals surface area contributed by atoms with Crippen LogP contribution < -0.4 is 14.8 Å². The quantitative estimate of drug-likeness (QED) is 0.766. The van der Waals surface area contributed by atoms with Gasteiger partial charge in [0.2, 0.25) is 5.91 Å². The molecule has 0 radical (unpaired) electrons. The molecule has 1 aromatic carbocycles. The lowest BCUT2D eigenvalue weighted by Gasteiger charge is -2.19. The predicted octanol–water partition coefficient (Wildman–Crippen LogP) is 3.13. The van der Waals surface area contributed by atoms with E-state index in [2.05, 4.69) is 10.3 Å². The molecule has 0 fully saturated rings. The number of anilines is 1. The number of hydrogen-bond acceptors (Lipinski definition) is 5. The minimum absolute atomic E-state index is 0.157.